The predicted octanol–water partition coefficient (Wildman–Crippen LogP) is 4.42. The molecule has 1 aliphatic rings. The van der Waals surface area contributed by atoms with E-state index in [0.717, 1.165) is 42.2 Å². The average molecular weight is 473 g/mol. The summed E-state index contributed by atoms with van der Waals surface area (Å²) < 4.78 is 0.0633. The highest BCUT2D eigenvalue weighted by Gasteiger charge is 2.23. The van der Waals surface area contributed by atoms with E-state index >= 15 is 0 Å². The van der Waals surface area contributed by atoms with Crippen LogP contribution in [0.15, 0.2) is 22.2 Å². The maximum atomic E-state index is 12.6. The molecule has 0 bridgehead atoms. The number of phenols is 1. The summed E-state index contributed by atoms with van der Waals surface area (Å²) >= 11 is 4.36. The number of fused-ring (bicyclic) bond motifs is 1. The van der Waals surface area contributed by atoms with Gasteiger partial charge in [-0.1, -0.05) is 0 Å². The monoisotopic (exact) mass is 472 g/mol. The third kappa shape index (κ3) is 4.14. The molecule has 0 saturated heterocycles. The highest BCUT2D eigenvalue weighted by Crippen LogP contribution is 2.38. The van der Waals surface area contributed by atoms with E-state index in [2.05, 4.69) is 27.3 Å². The van der Waals surface area contributed by atoms with Gasteiger partial charge in [-0.15, -0.1) is 11.3 Å². The molecule has 0 unspecified atom stereocenters. The minimum atomic E-state index is -0.765. The van der Waals surface area contributed by atoms with Crippen LogP contribution in [0.5, 0.6) is 5.75 Å². The number of nitro groups is 1. The molecule has 8 nitrogen and oxygen atoms in total. The lowest BCUT2D eigenvalue weighted by atomic mass is 9.96. The second-order valence-corrected chi connectivity index (χ2v) is 8.24. The van der Waals surface area contributed by atoms with Crippen molar-refractivity contribution in [3.05, 3.63) is 53.9 Å². The summed E-state index contributed by atoms with van der Waals surface area (Å²) in [6.45, 7) is 0. The SMILES string of the molecule is N#C/C(=C\c1cc(Br)c(O)c([N+](=O)[O-])c1)C(=O)Nc1sc2c(c1C#N)CCCC2. The van der Waals surface area contributed by atoms with Crippen LogP contribution in [0.2, 0.25) is 0 Å². The summed E-state index contributed by atoms with van der Waals surface area (Å²) in [6, 6.07) is 6.33. The van der Waals surface area contributed by atoms with Crippen LogP contribution in [0.25, 0.3) is 6.08 Å². The van der Waals surface area contributed by atoms with Crippen molar-refractivity contribution in [3.63, 3.8) is 0 Å². The molecule has 1 amide bonds. The van der Waals surface area contributed by atoms with Crippen molar-refractivity contribution in [3.8, 4) is 17.9 Å². The number of thiophene rings is 1. The number of hydrogen-bond acceptors (Lipinski definition) is 7. The molecule has 2 aromatic rings. The number of hydrogen-bond donors (Lipinski definition) is 2. The average Bonchev–Trinajstić information content (AvgIpc) is 3.04. The number of halogens is 1. The van der Waals surface area contributed by atoms with E-state index in [9.17, 15) is 30.5 Å². The Morgan fingerprint density at radius 1 is 1.34 bits per heavy atom. The fraction of sp³-hybridized carbons (Fsp3) is 0.211. The van der Waals surface area contributed by atoms with E-state index in [4.69, 9.17) is 0 Å². The number of carbonyl (C=O) groups is 1. The van der Waals surface area contributed by atoms with Crippen molar-refractivity contribution in [2.24, 2.45) is 0 Å². The summed E-state index contributed by atoms with van der Waals surface area (Å²) in [5.41, 5.74) is 0.741. The lowest BCUT2D eigenvalue weighted by Crippen LogP contribution is -2.13. The van der Waals surface area contributed by atoms with E-state index in [1.54, 1.807) is 6.07 Å². The Hall–Kier alpha value is -3.21. The number of amides is 1. The maximum absolute atomic E-state index is 12.6. The summed E-state index contributed by atoms with van der Waals surface area (Å²) in [5, 5.41) is 42.7. The standard InChI is InChI=1S/C19H13BrN4O4S/c20-14-6-10(7-15(17(14)25)24(27)28)5-11(8-21)18(26)23-19-13(9-22)12-3-1-2-4-16(12)29-19/h5-7,25H,1-4H2,(H,23,26)/b11-5+. The number of carbonyl (C=O) groups excluding carboxylic acids is 1. The third-order valence-electron chi connectivity index (χ3n) is 4.45. The Bertz CT molecular complexity index is 1140. The quantitative estimate of drug-likeness (QED) is 0.292. The molecule has 10 heteroatoms. The molecule has 29 heavy (non-hydrogen) atoms. The van der Waals surface area contributed by atoms with Crippen LogP contribution in [0.3, 0.4) is 0 Å². The van der Waals surface area contributed by atoms with Gasteiger partial charge in [0.05, 0.1) is 15.0 Å². The van der Waals surface area contributed by atoms with Crippen molar-refractivity contribution >= 4 is 49.9 Å². The highest BCUT2D eigenvalue weighted by atomic mass is 79.9. The van der Waals surface area contributed by atoms with Crippen molar-refractivity contribution in [2.45, 2.75) is 25.7 Å². The molecule has 1 heterocycles. The molecule has 0 fully saturated rings. The van der Waals surface area contributed by atoms with Gasteiger partial charge in [0.25, 0.3) is 5.91 Å². The molecule has 0 radical (unpaired) electrons. The lowest BCUT2D eigenvalue weighted by Gasteiger charge is -2.09. The normalized spacial score (nSPS) is 13.1. The first kappa shape index (κ1) is 20.5. The Labute approximate surface area is 178 Å². The van der Waals surface area contributed by atoms with Crippen LogP contribution in [-0.2, 0) is 17.6 Å². The highest BCUT2D eigenvalue weighted by molar-refractivity contribution is 9.10. The Morgan fingerprint density at radius 2 is 2.07 bits per heavy atom. The molecular weight excluding hydrogens is 460 g/mol. The lowest BCUT2D eigenvalue weighted by molar-refractivity contribution is -0.386. The molecule has 0 spiro atoms. The maximum Gasteiger partial charge on any atom is 0.312 e. The molecule has 0 saturated carbocycles. The van der Waals surface area contributed by atoms with Crippen LogP contribution >= 0.6 is 27.3 Å². The van der Waals surface area contributed by atoms with Crippen LogP contribution in [0, 0.1) is 32.8 Å². The number of benzene rings is 1. The van der Waals surface area contributed by atoms with Gasteiger partial charge in [-0.2, -0.15) is 10.5 Å². The Morgan fingerprint density at radius 3 is 2.72 bits per heavy atom. The first-order valence-corrected chi connectivity index (χ1v) is 10.1. The Kier molecular flexibility index (Phi) is 5.97. The van der Waals surface area contributed by atoms with Crippen molar-refractivity contribution < 1.29 is 14.8 Å². The number of nitrogens with one attached hydrogen (secondary N) is 1. The molecule has 1 aromatic carbocycles. The van der Waals surface area contributed by atoms with Crippen molar-refractivity contribution in [2.75, 3.05) is 5.32 Å². The van der Waals surface area contributed by atoms with Gasteiger partial charge in [0.15, 0.2) is 0 Å². The van der Waals surface area contributed by atoms with Crippen LogP contribution in [0.4, 0.5) is 10.7 Å². The van der Waals surface area contributed by atoms with Gasteiger partial charge in [0.1, 0.15) is 22.7 Å². The van der Waals surface area contributed by atoms with Crippen molar-refractivity contribution in [1.82, 2.24) is 0 Å². The molecular formula is C19H13BrN4O4S. The van der Waals surface area contributed by atoms with Gasteiger partial charge < -0.3 is 10.4 Å². The van der Waals surface area contributed by atoms with Crippen LogP contribution in [-0.4, -0.2) is 15.9 Å². The number of rotatable bonds is 4. The second kappa shape index (κ2) is 8.43. The van der Waals surface area contributed by atoms with Crippen LogP contribution < -0.4 is 5.32 Å². The Balaban J connectivity index is 1.93. The number of aryl methyl sites for hydroxylation is 1. The summed E-state index contributed by atoms with van der Waals surface area (Å²) in [4.78, 5) is 24.0. The molecule has 1 aromatic heterocycles. The topological polar surface area (TPSA) is 140 Å². The molecule has 146 valence electrons. The largest absolute Gasteiger partial charge is 0.501 e. The fourth-order valence-corrected chi connectivity index (χ4v) is 4.79. The minimum absolute atomic E-state index is 0.0633. The number of anilines is 1. The van der Waals surface area contributed by atoms with Crippen LogP contribution in [0.1, 0.15) is 34.4 Å². The number of nitriles is 2. The molecule has 3 rings (SSSR count). The van der Waals surface area contributed by atoms with Gasteiger partial charge in [0, 0.05) is 10.9 Å². The predicted molar refractivity (Wildman–Crippen MR) is 110 cm³/mol. The number of nitro benzene ring substituents is 1. The van der Waals surface area contributed by atoms with E-state index < -0.39 is 22.3 Å². The number of aromatic hydroxyl groups is 1. The van der Waals surface area contributed by atoms with Gasteiger partial charge >= 0.3 is 5.69 Å². The van der Waals surface area contributed by atoms with Crippen molar-refractivity contribution in [1.29, 1.82) is 10.5 Å². The fourth-order valence-electron chi connectivity index (χ4n) is 3.09. The summed E-state index contributed by atoms with van der Waals surface area (Å²) in [5.74, 6) is -1.26. The van der Waals surface area contributed by atoms with Gasteiger partial charge in [-0.3, -0.25) is 14.9 Å². The number of nitrogens with zero attached hydrogens (tertiary/aromatic N) is 3. The van der Waals surface area contributed by atoms with E-state index in [-0.39, 0.29) is 15.6 Å². The first-order valence-electron chi connectivity index (χ1n) is 8.50. The van der Waals surface area contributed by atoms with E-state index in [1.807, 2.05) is 0 Å². The zero-order valence-electron chi connectivity index (χ0n) is 14.9. The third-order valence-corrected chi connectivity index (χ3v) is 6.26. The molecule has 2 N–H and O–H groups in total. The zero-order valence-corrected chi connectivity index (χ0v) is 17.3. The van der Waals surface area contributed by atoms with Gasteiger partial charge in [-0.05, 0) is 64.9 Å². The first-order chi connectivity index (χ1) is 13.8. The van der Waals surface area contributed by atoms with Gasteiger partial charge in [0.2, 0.25) is 5.75 Å². The summed E-state index contributed by atoms with van der Waals surface area (Å²) in [7, 11) is 0. The molecule has 0 aliphatic heterocycles. The van der Waals surface area contributed by atoms with E-state index in [0.29, 0.717) is 10.6 Å². The second-order valence-electron chi connectivity index (χ2n) is 6.28. The van der Waals surface area contributed by atoms with E-state index in [1.165, 1.54) is 23.5 Å². The zero-order chi connectivity index (χ0) is 21.1. The minimum Gasteiger partial charge on any atom is -0.501 e. The molecule has 0 atom stereocenters. The van der Waals surface area contributed by atoms with Gasteiger partial charge in [-0.25, -0.2) is 0 Å². The smallest absolute Gasteiger partial charge is 0.312 e. The molecule has 1 aliphatic carbocycles. The summed E-state index contributed by atoms with van der Waals surface area (Å²) in [6.07, 6.45) is 4.85. The number of phenolic OH excluding ortho intramolecular Hbond substituents is 1.